The smallest absolute Gasteiger partial charge is 0.258 e. The van der Waals surface area contributed by atoms with Crippen molar-refractivity contribution in [1.29, 1.82) is 0 Å². The summed E-state index contributed by atoms with van der Waals surface area (Å²) >= 11 is 1.52. The number of pyridine rings is 1. The molecule has 30 heavy (non-hydrogen) atoms. The minimum absolute atomic E-state index is 0.139. The van der Waals surface area contributed by atoms with Crippen LogP contribution in [0.1, 0.15) is 78.0 Å². The molecule has 6 heteroatoms. The highest BCUT2D eigenvalue weighted by atomic mass is 32.2. The van der Waals surface area contributed by atoms with Crippen LogP contribution in [0, 0.1) is 13.8 Å². The maximum absolute atomic E-state index is 13.3. The molecule has 3 aromatic rings. The fraction of sp³-hybridized carbons (Fsp3) is 0.375. The summed E-state index contributed by atoms with van der Waals surface area (Å²) in [4.78, 5) is 17.8. The lowest BCUT2D eigenvalue weighted by atomic mass is 9.92. The highest BCUT2D eigenvalue weighted by Crippen LogP contribution is 2.33. The van der Waals surface area contributed by atoms with E-state index < -0.39 is 0 Å². The number of aromatic nitrogens is 2. The highest BCUT2D eigenvalue weighted by molar-refractivity contribution is 7.98. The summed E-state index contributed by atoms with van der Waals surface area (Å²) in [7, 11) is 0. The van der Waals surface area contributed by atoms with Gasteiger partial charge in [0.2, 0.25) is 0 Å². The lowest BCUT2D eigenvalue weighted by molar-refractivity contribution is 0.102. The van der Waals surface area contributed by atoms with Gasteiger partial charge in [0.15, 0.2) is 0 Å². The van der Waals surface area contributed by atoms with Gasteiger partial charge in [-0.15, -0.1) is 11.8 Å². The van der Waals surface area contributed by atoms with Gasteiger partial charge in [0.1, 0.15) is 10.8 Å². The zero-order valence-electron chi connectivity index (χ0n) is 18.4. The van der Waals surface area contributed by atoms with Crippen LogP contribution in [0.25, 0.3) is 0 Å². The van der Waals surface area contributed by atoms with Crippen LogP contribution in [-0.2, 0) is 5.75 Å². The first-order valence-corrected chi connectivity index (χ1v) is 11.2. The number of aryl methyl sites for hydroxylation is 2. The van der Waals surface area contributed by atoms with Crippen molar-refractivity contribution in [3.63, 3.8) is 0 Å². The number of amides is 1. The fourth-order valence-electron chi connectivity index (χ4n) is 3.40. The molecule has 5 nitrogen and oxygen atoms in total. The second kappa shape index (κ2) is 9.47. The summed E-state index contributed by atoms with van der Waals surface area (Å²) in [6, 6.07) is 9.86. The Hall–Kier alpha value is -2.60. The third-order valence-corrected chi connectivity index (χ3v) is 6.19. The number of thioether (sulfide) groups is 1. The molecular formula is C24H29N3O2S. The summed E-state index contributed by atoms with van der Waals surface area (Å²) in [5.74, 6) is 1.93. The van der Waals surface area contributed by atoms with Crippen LogP contribution in [0.2, 0.25) is 0 Å². The van der Waals surface area contributed by atoms with Crippen molar-refractivity contribution < 1.29 is 9.32 Å². The van der Waals surface area contributed by atoms with Crippen LogP contribution >= 0.6 is 11.8 Å². The number of benzene rings is 1. The van der Waals surface area contributed by atoms with E-state index in [0.29, 0.717) is 28.2 Å². The van der Waals surface area contributed by atoms with E-state index in [1.807, 2.05) is 19.9 Å². The zero-order chi connectivity index (χ0) is 21.8. The minimum atomic E-state index is -0.139. The molecule has 2 heterocycles. The van der Waals surface area contributed by atoms with Crippen molar-refractivity contribution in [2.24, 2.45) is 0 Å². The van der Waals surface area contributed by atoms with E-state index >= 15 is 0 Å². The van der Waals surface area contributed by atoms with Gasteiger partial charge in [0, 0.05) is 23.2 Å². The molecular weight excluding hydrogens is 394 g/mol. The van der Waals surface area contributed by atoms with Crippen molar-refractivity contribution in [2.75, 3.05) is 5.32 Å². The van der Waals surface area contributed by atoms with Crippen molar-refractivity contribution in [1.82, 2.24) is 10.1 Å². The number of nitrogens with one attached hydrogen (secondary N) is 1. The lowest BCUT2D eigenvalue weighted by Gasteiger charge is -2.20. The molecule has 0 spiro atoms. The molecule has 1 N–H and O–H groups in total. The first-order valence-electron chi connectivity index (χ1n) is 10.2. The maximum Gasteiger partial charge on any atom is 0.258 e. The van der Waals surface area contributed by atoms with Crippen molar-refractivity contribution in [3.8, 4) is 0 Å². The van der Waals surface area contributed by atoms with Gasteiger partial charge in [-0.2, -0.15) is 0 Å². The zero-order valence-corrected chi connectivity index (χ0v) is 19.3. The molecule has 158 valence electrons. The molecule has 1 aromatic carbocycles. The van der Waals surface area contributed by atoms with Crippen LogP contribution < -0.4 is 5.32 Å². The number of nitrogens with zero attached hydrogens (tertiary/aromatic N) is 2. The van der Waals surface area contributed by atoms with Crippen LogP contribution in [-0.4, -0.2) is 16.0 Å². The third-order valence-electron chi connectivity index (χ3n) is 5.16. The monoisotopic (exact) mass is 423 g/mol. The number of hydrogen-bond acceptors (Lipinski definition) is 5. The number of anilines is 1. The quantitative estimate of drug-likeness (QED) is 0.441. The second-order valence-electron chi connectivity index (χ2n) is 8.02. The van der Waals surface area contributed by atoms with Gasteiger partial charge in [0.05, 0.1) is 11.3 Å². The predicted molar refractivity (Wildman–Crippen MR) is 122 cm³/mol. The lowest BCUT2D eigenvalue weighted by Crippen LogP contribution is -2.17. The first kappa shape index (κ1) is 22.1. The van der Waals surface area contributed by atoms with Crippen LogP contribution in [0.4, 0.5) is 5.69 Å². The van der Waals surface area contributed by atoms with Gasteiger partial charge in [0.25, 0.3) is 5.91 Å². The predicted octanol–water partition coefficient (Wildman–Crippen LogP) is 6.48. The van der Waals surface area contributed by atoms with Crippen LogP contribution in [0.3, 0.4) is 0 Å². The maximum atomic E-state index is 13.3. The summed E-state index contributed by atoms with van der Waals surface area (Å²) in [5.41, 5.74) is 5.69. The molecule has 0 aliphatic heterocycles. The van der Waals surface area contributed by atoms with Crippen LogP contribution in [0.15, 0.2) is 46.1 Å². The van der Waals surface area contributed by atoms with Gasteiger partial charge >= 0.3 is 0 Å². The largest absolute Gasteiger partial charge is 0.361 e. The third kappa shape index (κ3) is 4.75. The van der Waals surface area contributed by atoms with E-state index in [1.54, 1.807) is 12.3 Å². The number of carbonyl (C=O) groups excluding carboxylic acids is 1. The summed E-state index contributed by atoms with van der Waals surface area (Å²) in [5, 5.41) is 7.89. The summed E-state index contributed by atoms with van der Waals surface area (Å²) in [6.45, 7) is 12.4. The van der Waals surface area contributed by atoms with Crippen LogP contribution in [0.5, 0.6) is 0 Å². The standard InChI is InChI=1S/C24H29N3O2S/c1-14(2)18-9-7-10-19(15(3)4)22(18)26-23(28)20-11-8-12-25-24(20)30-13-21-16(5)27-29-17(21)6/h7-12,14-15H,13H2,1-6H3,(H,26,28). The Kier molecular flexibility index (Phi) is 6.98. The molecule has 1 amide bonds. The molecule has 0 bridgehead atoms. The molecule has 0 aliphatic carbocycles. The molecule has 0 saturated heterocycles. The van der Waals surface area contributed by atoms with Gasteiger partial charge in [-0.1, -0.05) is 51.1 Å². The average molecular weight is 424 g/mol. The normalized spacial score (nSPS) is 11.3. The Morgan fingerprint density at radius 2 is 1.73 bits per heavy atom. The van der Waals surface area contributed by atoms with Gasteiger partial charge in [-0.3, -0.25) is 4.79 Å². The molecule has 3 rings (SSSR count). The molecule has 0 radical (unpaired) electrons. The molecule has 0 saturated carbocycles. The SMILES string of the molecule is Cc1noc(C)c1CSc1ncccc1C(=O)Nc1c(C(C)C)cccc1C(C)C. The van der Waals surface area contributed by atoms with E-state index in [-0.39, 0.29) is 5.91 Å². The number of para-hydroxylation sites is 1. The Morgan fingerprint density at radius 3 is 2.30 bits per heavy atom. The molecule has 2 aromatic heterocycles. The topological polar surface area (TPSA) is 68.0 Å². The molecule has 0 atom stereocenters. The van der Waals surface area contributed by atoms with E-state index in [2.05, 4.69) is 61.4 Å². The Bertz CT molecular complexity index is 995. The highest BCUT2D eigenvalue weighted by Gasteiger charge is 2.20. The summed E-state index contributed by atoms with van der Waals surface area (Å²) < 4.78 is 5.25. The number of carbonyl (C=O) groups is 1. The summed E-state index contributed by atoms with van der Waals surface area (Å²) in [6.07, 6.45) is 1.72. The molecule has 0 fully saturated rings. The van der Waals surface area contributed by atoms with Gasteiger partial charge in [-0.25, -0.2) is 4.98 Å². The number of hydrogen-bond donors (Lipinski definition) is 1. The van der Waals surface area contributed by atoms with E-state index in [0.717, 1.165) is 33.8 Å². The molecule has 0 aliphatic rings. The van der Waals surface area contributed by atoms with Gasteiger partial charge < -0.3 is 9.84 Å². The molecule has 0 unspecified atom stereocenters. The van der Waals surface area contributed by atoms with Crippen molar-refractivity contribution in [3.05, 3.63) is 70.2 Å². The van der Waals surface area contributed by atoms with Crippen molar-refractivity contribution in [2.45, 2.75) is 64.2 Å². The van der Waals surface area contributed by atoms with Gasteiger partial charge in [-0.05, 0) is 48.9 Å². The first-order chi connectivity index (χ1) is 14.3. The Labute approximate surface area is 182 Å². The fourth-order valence-corrected chi connectivity index (χ4v) is 4.55. The second-order valence-corrected chi connectivity index (χ2v) is 8.99. The number of rotatable bonds is 7. The average Bonchev–Trinajstić information content (AvgIpc) is 3.03. The minimum Gasteiger partial charge on any atom is -0.361 e. The van der Waals surface area contributed by atoms with E-state index in [1.165, 1.54) is 11.8 Å². The Balaban J connectivity index is 1.89. The van der Waals surface area contributed by atoms with Crippen molar-refractivity contribution >= 4 is 23.4 Å². The van der Waals surface area contributed by atoms with E-state index in [4.69, 9.17) is 4.52 Å². The van der Waals surface area contributed by atoms with E-state index in [9.17, 15) is 4.79 Å². The Morgan fingerprint density at radius 1 is 1.07 bits per heavy atom.